The smallest absolute Gasteiger partial charge is 0.163 e. The molecule has 6 heteroatoms. The summed E-state index contributed by atoms with van der Waals surface area (Å²) in [4.78, 5) is 9.91. The van der Waals surface area contributed by atoms with E-state index in [0.717, 1.165) is 37.6 Å². The molecule has 0 saturated heterocycles. The van der Waals surface area contributed by atoms with Crippen LogP contribution in [0.25, 0.3) is 33.1 Å². The highest BCUT2D eigenvalue weighted by Gasteiger charge is 2.18. The predicted molar refractivity (Wildman–Crippen MR) is 113 cm³/mol. The Bertz CT molecular complexity index is 1150. The molecule has 0 unspecified atom stereocenters. The lowest BCUT2D eigenvalue weighted by Crippen LogP contribution is -2.02. The predicted octanol–water partition coefficient (Wildman–Crippen LogP) is 5.88. The molecule has 2 aromatic carbocycles. The van der Waals surface area contributed by atoms with Gasteiger partial charge in [0.1, 0.15) is 5.52 Å². The summed E-state index contributed by atoms with van der Waals surface area (Å²) in [5.41, 5.74) is 4.53. The number of benzene rings is 2. The van der Waals surface area contributed by atoms with E-state index in [1.807, 2.05) is 26.0 Å². The molecule has 0 spiro atoms. The van der Waals surface area contributed by atoms with E-state index in [4.69, 9.17) is 19.4 Å². The monoisotopic (exact) mass is 427 g/mol. The van der Waals surface area contributed by atoms with Crippen LogP contribution in [0, 0.1) is 0 Å². The van der Waals surface area contributed by atoms with Crippen LogP contribution in [-0.2, 0) is 0 Å². The molecule has 0 N–H and O–H groups in total. The van der Waals surface area contributed by atoms with Crippen molar-refractivity contribution >= 4 is 49.0 Å². The van der Waals surface area contributed by atoms with Crippen LogP contribution < -0.4 is 9.47 Å². The fourth-order valence-corrected chi connectivity index (χ4v) is 3.85. The molecule has 27 heavy (non-hydrogen) atoms. The van der Waals surface area contributed by atoms with Gasteiger partial charge < -0.3 is 14.0 Å². The highest BCUT2D eigenvalue weighted by molar-refractivity contribution is 9.10. The summed E-state index contributed by atoms with van der Waals surface area (Å²) in [7, 11) is 0. The average molecular weight is 428 g/mol. The van der Waals surface area contributed by atoms with Crippen LogP contribution in [0.4, 0.5) is 0 Å². The first-order valence-electron chi connectivity index (χ1n) is 9.24. The maximum absolute atomic E-state index is 5.76. The summed E-state index contributed by atoms with van der Waals surface area (Å²) in [6.07, 6.45) is 0. The third kappa shape index (κ3) is 3.02. The van der Waals surface area contributed by atoms with E-state index < -0.39 is 0 Å². The number of fused-ring (bicyclic) bond motifs is 4. The molecule has 0 aliphatic carbocycles. The fourth-order valence-electron chi connectivity index (χ4n) is 3.49. The Morgan fingerprint density at radius 2 is 1.59 bits per heavy atom. The van der Waals surface area contributed by atoms with Crippen LogP contribution in [0.15, 0.2) is 34.8 Å². The van der Waals surface area contributed by atoms with Crippen LogP contribution >= 0.6 is 15.9 Å². The second-order valence-electron chi connectivity index (χ2n) is 6.67. The molecule has 140 valence electrons. The van der Waals surface area contributed by atoms with E-state index in [9.17, 15) is 0 Å². The van der Waals surface area contributed by atoms with E-state index in [-0.39, 0.29) is 6.04 Å². The molecule has 2 aromatic heterocycles. The van der Waals surface area contributed by atoms with Crippen molar-refractivity contribution in [2.24, 2.45) is 0 Å². The molecule has 0 radical (unpaired) electrons. The molecule has 4 aromatic rings. The van der Waals surface area contributed by atoms with Gasteiger partial charge in [0.2, 0.25) is 0 Å². The Morgan fingerprint density at radius 3 is 2.19 bits per heavy atom. The molecule has 0 atom stereocenters. The summed E-state index contributed by atoms with van der Waals surface area (Å²) >= 11 is 3.58. The Hall–Kier alpha value is -2.34. The summed E-state index contributed by atoms with van der Waals surface area (Å²) in [6.45, 7) is 9.39. The molecule has 0 fully saturated rings. The van der Waals surface area contributed by atoms with E-state index in [2.05, 4.69) is 52.5 Å². The van der Waals surface area contributed by atoms with Gasteiger partial charge in [-0.2, -0.15) is 0 Å². The van der Waals surface area contributed by atoms with Crippen LogP contribution in [0.5, 0.6) is 11.5 Å². The van der Waals surface area contributed by atoms with Gasteiger partial charge >= 0.3 is 0 Å². The van der Waals surface area contributed by atoms with Gasteiger partial charge in [0.05, 0.1) is 29.8 Å². The van der Waals surface area contributed by atoms with Crippen molar-refractivity contribution in [1.82, 2.24) is 14.5 Å². The van der Waals surface area contributed by atoms with Gasteiger partial charge in [-0.25, -0.2) is 9.97 Å². The van der Waals surface area contributed by atoms with Gasteiger partial charge in [0.25, 0.3) is 0 Å². The van der Waals surface area contributed by atoms with Crippen molar-refractivity contribution in [1.29, 1.82) is 0 Å². The number of nitrogens with zero attached hydrogens (tertiary/aromatic N) is 3. The number of aromatic nitrogens is 3. The Kier molecular flexibility index (Phi) is 4.68. The Balaban J connectivity index is 2.09. The highest BCUT2D eigenvalue weighted by Crippen LogP contribution is 2.36. The van der Waals surface area contributed by atoms with Crippen LogP contribution in [-0.4, -0.2) is 27.7 Å². The minimum absolute atomic E-state index is 0.270. The minimum Gasteiger partial charge on any atom is -0.490 e. The number of ether oxygens (including phenoxy) is 2. The van der Waals surface area contributed by atoms with Gasteiger partial charge in [0, 0.05) is 28.0 Å². The van der Waals surface area contributed by atoms with Crippen molar-refractivity contribution < 1.29 is 9.47 Å². The lowest BCUT2D eigenvalue weighted by Gasteiger charge is -2.13. The molecule has 5 nitrogen and oxygen atoms in total. The van der Waals surface area contributed by atoms with Gasteiger partial charge in [-0.3, -0.25) is 0 Å². The average Bonchev–Trinajstić information content (AvgIpc) is 2.93. The number of halogens is 1. The first-order chi connectivity index (χ1) is 13.0. The summed E-state index contributed by atoms with van der Waals surface area (Å²) < 4.78 is 14.8. The zero-order chi connectivity index (χ0) is 19.1. The van der Waals surface area contributed by atoms with Gasteiger partial charge in [0.15, 0.2) is 17.1 Å². The molecule has 4 rings (SSSR count). The van der Waals surface area contributed by atoms with Gasteiger partial charge in [-0.05, 0) is 45.9 Å². The number of hydrogen-bond donors (Lipinski definition) is 0. The third-order valence-electron chi connectivity index (χ3n) is 4.53. The lowest BCUT2D eigenvalue weighted by molar-refractivity contribution is 0.288. The van der Waals surface area contributed by atoms with Crippen molar-refractivity contribution in [3.05, 3.63) is 34.8 Å². The number of hydrogen-bond acceptors (Lipinski definition) is 4. The van der Waals surface area contributed by atoms with Gasteiger partial charge in [-0.1, -0.05) is 15.9 Å². The van der Waals surface area contributed by atoms with E-state index in [0.29, 0.717) is 24.7 Å². The zero-order valence-corrected chi connectivity index (χ0v) is 17.5. The Labute approximate surface area is 166 Å². The molecule has 0 amide bonds. The zero-order valence-electron chi connectivity index (χ0n) is 15.9. The van der Waals surface area contributed by atoms with Crippen molar-refractivity contribution in [2.45, 2.75) is 33.7 Å². The van der Waals surface area contributed by atoms with Crippen molar-refractivity contribution in [3.8, 4) is 11.5 Å². The second-order valence-corrected chi connectivity index (χ2v) is 7.59. The van der Waals surface area contributed by atoms with E-state index in [1.165, 1.54) is 0 Å². The molecule has 0 aliphatic heterocycles. The van der Waals surface area contributed by atoms with Gasteiger partial charge in [-0.15, -0.1) is 0 Å². The first kappa shape index (κ1) is 18.0. The maximum Gasteiger partial charge on any atom is 0.163 e. The normalized spacial score (nSPS) is 11.8. The van der Waals surface area contributed by atoms with E-state index >= 15 is 0 Å². The van der Waals surface area contributed by atoms with Crippen LogP contribution in [0.2, 0.25) is 0 Å². The molecule has 0 bridgehead atoms. The van der Waals surface area contributed by atoms with Crippen LogP contribution in [0.1, 0.15) is 33.7 Å². The van der Waals surface area contributed by atoms with Crippen molar-refractivity contribution in [2.75, 3.05) is 13.2 Å². The highest BCUT2D eigenvalue weighted by atomic mass is 79.9. The summed E-state index contributed by atoms with van der Waals surface area (Å²) in [5, 5.41) is 1.09. The fraction of sp³-hybridized carbons (Fsp3) is 0.333. The molecule has 2 heterocycles. The third-order valence-corrected chi connectivity index (χ3v) is 5.02. The first-order valence-corrected chi connectivity index (χ1v) is 10.0. The molecular formula is C21H22BrN3O2. The number of rotatable bonds is 5. The van der Waals surface area contributed by atoms with Crippen LogP contribution in [0.3, 0.4) is 0 Å². The van der Waals surface area contributed by atoms with Crippen molar-refractivity contribution in [3.63, 3.8) is 0 Å². The topological polar surface area (TPSA) is 49.2 Å². The maximum atomic E-state index is 5.76. The SMILES string of the molecule is CCOc1cc2nc3c4cc(Br)ccc4n(C(C)C)c3nc2cc1OCC. The molecule has 0 saturated carbocycles. The van der Waals surface area contributed by atoms with E-state index in [1.54, 1.807) is 0 Å². The lowest BCUT2D eigenvalue weighted by atomic mass is 10.2. The summed E-state index contributed by atoms with van der Waals surface area (Å²) in [6, 6.07) is 10.4. The second kappa shape index (κ2) is 7.00. The quantitative estimate of drug-likeness (QED) is 0.399. The molecular weight excluding hydrogens is 406 g/mol. The standard InChI is InChI=1S/C21H22BrN3O2/c1-5-26-18-10-15-16(11-19(18)27-6-2)24-21-20(23-15)14-9-13(22)7-8-17(14)25(21)12(3)4/h7-12H,5-6H2,1-4H3. The Morgan fingerprint density at radius 1 is 0.963 bits per heavy atom. The largest absolute Gasteiger partial charge is 0.490 e. The minimum atomic E-state index is 0.270. The molecule has 0 aliphatic rings. The summed E-state index contributed by atoms with van der Waals surface area (Å²) in [5.74, 6) is 1.41.